The van der Waals surface area contributed by atoms with Crippen LogP contribution in [0.3, 0.4) is 0 Å². The topological polar surface area (TPSA) is 110 Å². The van der Waals surface area contributed by atoms with E-state index in [1.807, 2.05) is 18.2 Å². The number of amides is 1. The number of nitrogens with one attached hydrogen (secondary N) is 1. The number of aliphatic hydroxyl groups is 4. The van der Waals surface area contributed by atoms with Gasteiger partial charge in [-0.3, -0.25) is 4.79 Å². The molecule has 6 nitrogen and oxygen atoms in total. The Morgan fingerprint density at radius 2 is 1.80 bits per heavy atom. The molecule has 2 aliphatic rings. The Labute approximate surface area is 147 Å². The van der Waals surface area contributed by atoms with Crippen molar-refractivity contribution in [1.82, 2.24) is 5.32 Å². The minimum atomic E-state index is -1.37. The van der Waals surface area contributed by atoms with Crippen LogP contribution in [0.25, 0.3) is 0 Å². The number of carbonyl (C=O) groups is 1. The molecule has 5 N–H and O–H groups in total. The first kappa shape index (κ1) is 18.3. The predicted molar refractivity (Wildman–Crippen MR) is 91.9 cm³/mol. The highest BCUT2D eigenvalue weighted by Crippen LogP contribution is 2.53. The van der Waals surface area contributed by atoms with Gasteiger partial charge in [0, 0.05) is 24.9 Å². The Balaban J connectivity index is 1.51. The number of benzene rings is 1. The molecule has 138 valence electrons. The third kappa shape index (κ3) is 3.44. The molecule has 2 aliphatic carbocycles. The SMILES string of the molecule is O=C(NCCCC1CCC2(O)CC(O)C(O)CC12O)c1ccccc1. The van der Waals surface area contributed by atoms with Gasteiger partial charge in [0.1, 0.15) is 0 Å². The first-order chi connectivity index (χ1) is 11.9. The van der Waals surface area contributed by atoms with E-state index in [1.165, 1.54) is 0 Å². The molecule has 0 aromatic heterocycles. The van der Waals surface area contributed by atoms with E-state index in [0.717, 1.165) is 0 Å². The Kier molecular flexibility index (Phi) is 5.16. The van der Waals surface area contributed by atoms with Gasteiger partial charge >= 0.3 is 0 Å². The molecule has 0 heterocycles. The average molecular weight is 349 g/mol. The lowest BCUT2D eigenvalue weighted by atomic mass is 9.67. The zero-order chi connectivity index (χ0) is 18.1. The molecule has 3 rings (SSSR count). The van der Waals surface area contributed by atoms with Gasteiger partial charge in [0.05, 0.1) is 23.4 Å². The molecule has 0 saturated heterocycles. The van der Waals surface area contributed by atoms with Gasteiger partial charge in [0.15, 0.2) is 0 Å². The molecule has 2 fully saturated rings. The van der Waals surface area contributed by atoms with Crippen molar-refractivity contribution in [3.8, 4) is 0 Å². The van der Waals surface area contributed by atoms with Gasteiger partial charge < -0.3 is 25.7 Å². The lowest BCUT2D eigenvalue weighted by Gasteiger charge is -2.48. The van der Waals surface area contributed by atoms with Crippen LogP contribution in [-0.2, 0) is 0 Å². The number of fused-ring (bicyclic) bond motifs is 1. The maximum Gasteiger partial charge on any atom is 0.251 e. The van der Waals surface area contributed by atoms with Crippen molar-refractivity contribution in [1.29, 1.82) is 0 Å². The van der Waals surface area contributed by atoms with E-state index in [4.69, 9.17) is 0 Å². The summed E-state index contributed by atoms with van der Waals surface area (Å²) in [6, 6.07) is 8.99. The average Bonchev–Trinajstić information content (AvgIpc) is 2.83. The summed E-state index contributed by atoms with van der Waals surface area (Å²) in [6.07, 6.45) is 0.403. The normalized spacial score (nSPS) is 37.5. The molecule has 0 bridgehead atoms. The van der Waals surface area contributed by atoms with Crippen LogP contribution in [0.1, 0.15) is 48.9 Å². The Hall–Kier alpha value is -1.47. The van der Waals surface area contributed by atoms with Crippen molar-refractivity contribution in [2.45, 2.75) is 61.9 Å². The summed E-state index contributed by atoms with van der Waals surface area (Å²) in [5.41, 5.74) is -2.08. The third-order valence-corrected chi connectivity index (χ3v) is 5.95. The number of carbonyl (C=O) groups excluding carboxylic acids is 1. The second-order valence-corrected chi connectivity index (χ2v) is 7.50. The molecule has 25 heavy (non-hydrogen) atoms. The van der Waals surface area contributed by atoms with Crippen molar-refractivity contribution in [3.63, 3.8) is 0 Å². The van der Waals surface area contributed by atoms with Crippen molar-refractivity contribution >= 4 is 5.91 Å². The molecular formula is C19H27NO5. The van der Waals surface area contributed by atoms with E-state index in [1.54, 1.807) is 12.1 Å². The minimum absolute atomic E-state index is 0.00586. The molecule has 6 heteroatoms. The lowest BCUT2D eigenvalue weighted by Crippen LogP contribution is -2.62. The van der Waals surface area contributed by atoms with Crippen molar-refractivity contribution in [3.05, 3.63) is 35.9 Å². The van der Waals surface area contributed by atoms with Gasteiger partial charge in [0.2, 0.25) is 0 Å². The summed E-state index contributed by atoms with van der Waals surface area (Å²) in [7, 11) is 0. The zero-order valence-corrected chi connectivity index (χ0v) is 14.3. The van der Waals surface area contributed by atoms with Crippen LogP contribution < -0.4 is 5.32 Å². The molecule has 0 aliphatic heterocycles. The van der Waals surface area contributed by atoms with Gasteiger partial charge in [-0.05, 0) is 43.7 Å². The first-order valence-electron chi connectivity index (χ1n) is 9.00. The van der Waals surface area contributed by atoms with Crippen molar-refractivity contribution in [2.75, 3.05) is 6.54 Å². The van der Waals surface area contributed by atoms with E-state index < -0.39 is 23.4 Å². The van der Waals surface area contributed by atoms with Gasteiger partial charge in [-0.1, -0.05) is 18.2 Å². The largest absolute Gasteiger partial charge is 0.390 e. The van der Waals surface area contributed by atoms with Gasteiger partial charge in [-0.15, -0.1) is 0 Å². The van der Waals surface area contributed by atoms with Gasteiger partial charge in [-0.2, -0.15) is 0 Å². The highest BCUT2D eigenvalue weighted by atomic mass is 16.4. The second kappa shape index (κ2) is 7.03. The van der Waals surface area contributed by atoms with E-state index in [9.17, 15) is 25.2 Å². The molecule has 0 spiro atoms. The summed E-state index contributed by atoms with van der Waals surface area (Å²) < 4.78 is 0. The van der Waals surface area contributed by atoms with Crippen LogP contribution in [0.4, 0.5) is 0 Å². The highest BCUT2D eigenvalue weighted by Gasteiger charge is 2.62. The quantitative estimate of drug-likeness (QED) is 0.500. The van der Waals surface area contributed by atoms with E-state index in [2.05, 4.69) is 5.32 Å². The van der Waals surface area contributed by atoms with Gasteiger partial charge in [0.25, 0.3) is 5.91 Å². The lowest BCUT2D eigenvalue weighted by molar-refractivity contribution is -0.220. The number of hydrogen-bond acceptors (Lipinski definition) is 5. The maximum atomic E-state index is 12.0. The Bertz CT molecular complexity index is 609. The van der Waals surface area contributed by atoms with Crippen LogP contribution in [0.15, 0.2) is 30.3 Å². The van der Waals surface area contributed by atoms with E-state index in [-0.39, 0.29) is 24.7 Å². The van der Waals surface area contributed by atoms with Crippen LogP contribution in [0.5, 0.6) is 0 Å². The fourth-order valence-corrected chi connectivity index (χ4v) is 4.45. The summed E-state index contributed by atoms with van der Waals surface area (Å²) in [5, 5.41) is 44.3. The van der Waals surface area contributed by atoms with Gasteiger partial charge in [-0.25, -0.2) is 0 Å². The van der Waals surface area contributed by atoms with E-state index >= 15 is 0 Å². The minimum Gasteiger partial charge on any atom is -0.390 e. The Morgan fingerprint density at radius 1 is 1.12 bits per heavy atom. The molecule has 5 atom stereocenters. The van der Waals surface area contributed by atoms with Crippen LogP contribution in [-0.4, -0.2) is 56.3 Å². The van der Waals surface area contributed by atoms with E-state index in [0.29, 0.717) is 37.8 Å². The second-order valence-electron chi connectivity index (χ2n) is 7.50. The molecule has 5 unspecified atom stereocenters. The van der Waals surface area contributed by atoms with Crippen molar-refractivity contribution < 1.29 is 25.2 Å². The summed E-state index contributed by atoms with van der Waals surface area (Å²) >= 11 is 0. The highest BCUT2D eigenvalue weighted by molar-refractivity contribution is 5.94. The molecule has 1 aromatic carbocycles. The van der Waals surface area contributed by atoms with Crippen LogP contribution in [0, 0.1) is 5.92 Å². The third-order valence-electron chi connectivity index (χ3n) is 5.95. The van der Waals surface area contributed by atoms with Crippen LogP contribution in [0.2, 0.25) is 0 Å². The van der Waals surface area contributed by atoms with Crippen molar-refractivity contribution in [2.24, 2.45) is 5.92 Å². The van der Waals surface area contributed by atoms with Crippen LogP contribution >= 0.6 is 0 Å². The standard InChI is InChI=1S/C19H27NO5/c21-15-11-18(24)9-8-14(19(18,25)12-16(15)22)7-4-10-20-17(23)13-5-2-1-3-6-13/h1-3,5-6,14-16,21-22,24-25H,4,7-12H2,(H,20,23). The summed E-state index contributed by atoms with van der Waals surface area (Å²) in [6.45, 7) is 0.490. The number of aliphatic hydroxyl groups excluding tert-OH is 2. The monoisotopic (exact) mass is 349 g/mol. The molecule has 1 amide bonds. The molecule has 1 aromatic rings. The zero-order valence-electron chi connectivity index (χ0n) is 14.3. The predicted octanol–water partition coefficient (Wildman–Crippen LogP) is 0.584. The molecular weight excluding hydrogens is 322 g/mol. The number of rotatable bonds is 5. The fraction of sp³-hybridized carbons (Fsp3) is 0.632. The summed E-state index contributed by atoms with van der Waals surface area (Å²) in [5.74, 6) is -0.272. The smallest absolute Gasteiger partial charge is 0.251 e. The fourth-order valence-electron chi connectivity index (χ4n) is 4.45. The molecule has 2 saturated carbocycles. The first-order valence-corrected chi connectivity index (χ1v) is 9.00. The molecule has 0 radical (unpaired) electrons. The Morgan fingerprint density at radius 3 is 2.52 bits per heavy atom. The maximum absolute atomic E-state index is 12.0. The number of hydrogen-bond donors (Lipinski definition) is 5. The summed E-state index contributed by atoms with van der Waals surface area (Å²) in [4.78, 5) is 12.0.